The Hall–Kier alpha value is -3.55. The van der Waals surface area contributed by atoms with Gasteiger partial charge in [0.1, 0.15) is 5.69 Å². The molecule has 8 nitrogen and oxygen atoms in total. The first-order valence-electron chi connectivity index (χ1n) is 8.26. The van der Waals surface area contributed by atoms with Crippen LogP contribution in [0, 0.1) is 0 Å². The molecule has 0 saturated carbocycles. The summed E-state index contributed by atoms with van der Waals surface area (Å²) in [4.78, 5) is 30.1. The largest absolute Gasteiger partial charge is 0.351 e. The number of carbonyl (C=O) groups excluding carboxylic acids is 1. The van der Waals surface area contributed by atoms with Crippen LogP contribution in [0.15, 0.2) is 53.3 Å². The third-order valence-corrected chi connectivity index (χ3v) is 4.49. The summed E-state index contributed by atoms with van der Waals surface area (Å²) in [7, 11) is 0. The molecule has 4 heterocycles. The molecule has 1 fully saturated rings. The van der Waals surface area contributed by atoms with Crippen LogP contribution in [0.25, 0.3) is 22.6 Å². The van der Waals surface area contributed by atoms with Crippen LogP contribution >= 0.6 is 0 Å². The van der Waals surface area contributed by atoms with E-state index in [9.17, 15) is 4.79 Å². The van der Waals surface area contributed by atoms with Crippen molar-refractivity contribution in [1.82, 2.24) is 30.0 Å². The van der Waals surface area contributed by atoms with E-state index in [0.29, 0.717) is 36.3 Å². The molecular formula is C18H14N6O2. The molecule has 8 heteroatoms. The highest BCUT2D eigenvalue weighted by Gasteiger charge is 2.36. The molecule has 26 heavy (non-hydrogen) atoms. The maximum atomic E-state index is 12.6. The lowest BCUT2D eigenvalue weighted by molar-refractivity contribution is 0.0564. The highest BCUT2D eigenvalue weighted by Crippen LogP contribution is 2.28. The van der Waals surface area contributed by atoms with Crippen molar-refractivity contribution in [3.05, 3.63) is 60.4 Å². The van der Waals surface area contributed by atoms with Crippen LogP contribution in [0.4, 0.5) is 0 Å². The smallest absolute Gasteiger partial charge is 0.270 e. The fourth-order valence-electron chi connectivity index (χ4n) is 3.07. The van der Waals surface area contributed by atoms with Crippen molar-refractivity contribution < 1.29 is 9.32 Å². The summed E-state index contributed by atoms with van der Waals surface area (Å²) < 4.78 is 5.32. The minimum absolute atomic E-state index is 0.0245. The van der Waals surface area contributed by atoms with Gasteiger partial charge in [-0.15, -0.1) is 0 Å². The van der Waals surface area contributed by atoms with Crippen molar-refractivity contribution >= 4 is 16.8 Å². The monoisotopic (exact) mass is 346 g/mol. The topological polar surface area (TPSA) is 101 Å². The Balaban J connectivity index is 1.28. The van der Waals surface area contributed by atoms with Crippen molar-refractivity contribution in [3.63, 3.8) is 0 Å². The molecule has 1 saturated heterocycles. The molecule has 128 valence electrons. The third-order valence-electron chi connectivity index (χ3n) is 4.49. The molecule has 5 rings (SSSR count). The zero-order chi connectivity index (χ0) is 17.5. The molecule has 1 aliphatic heterocycles. The van der Waals surface area contributed by atoms with Crippen molar-refractivity contribution in [2.75, 3.05) is 13.1 Å². The van der Waals surface area contributed by atoms with Gasteiger partial charge in [-0.05, 0) is 18.2 Å². The fourth-order valence-corrected chi connectivity index (χ4v) is 3.07. The number of aromatic nitrogens is 5. The molecule has 1 amide bonds. The van der Waals surface area contributed by atoms with Crippen molar-refractivity contribution in [1.29, 1.82) is 0 Å². The summed E-state index contributed by atoms with van der Waals surface area (Å²) in [6.07, 6.45) is 3.25. The summed E-state index contributed by atoms with van der Waals surface area (Å²) >= 11 is 0. The number of nitrogens with zero attached hydrogens (tertiary/aromatic N) is 5. The number of hydrogen-bond acceptors (Lipinski definition) is 6. The molecule has 4 aromatic rings. The van der Waals surface area contributed by atoms with E-state index in [4.69, 9.17) is 4.52 Å². The van der Waals surface area contributed by atoms with Gasteiger partial charge in [-0.3, -0.25) is 4.79 Å². The number of hydrogen-bond donors (Lipinski definition) is 1. The van der Waals surface area contributed by atoms with E-state index in [-0.39, 0.29) is 11.8 Å². The average molecular weight is 346 g/mol. The Kier molecular flexibility index (Phi) is 3.27. The third kappa shape index (κ3) is 2.43. The predicted octanol–water partition coefficient (Wildman–Crippen LogP) is 2.25. The molecule has 3 aromatic heterocycles. The van der Waals surface area contributed by atoms with Crippen LogP contribution in [-0.2, 0) is 0 Å². The molecule has 1 aromatic carbocycles. The minimum atomic E-state index is -0.0245. The second-order valence-electron chi connectivity index (χ2n) is 6.21. The highest BCUT2D eigenvalue weighted by molar-refractivity contribution is 5.98. The summed E-state index contributed by atoms with van der Waals surface area (Å²) in [5.41, 5.74) is 1.55. The highest BCUT2D eigenvalue weighted by atomic mass is 16.5. The second kappa shape index (κ2) is 5.76. The minimum Gasteiger partial charge on any atom is -0.351 e. The van der Waals surface area contributed by atoms with E-state index in [1.807, 2.05) is 30.3 Å². The standard InChI is InChI=1S/C18H14N6O2/c25-18(14-8-11-4-1-2-5-13(11)21-14)24-9-12(10-24)17-22-16(23-26-17)15-19-6-3-7-20-15/h1-8,12,21H,9-10H2. The summed E-state index contributed by atoms with van der Waals surface area (Å²) in [6.45, 7) is 1.09. The number of likely N-dealkylation sites (tertiary alicyclic amines) is 1. The van der Waals surface area contributed by atoms with Gasteiger partial charge in [0.05, 0.1) is 5.92 Å². The van der Waals surface area contributed by atoms with Crippen molar-refractivity contribution in [2.45, 2.75) is 5.92 Å². The van der Waals surface area contributed by atoms with Crippen LogP contribution in [0.1, 0.15) is 22.3 Å². The number of nitrogens with one attached hydrogen (secondary N) is 1. The van der Waals surface area contributed by atoms with Gasteiger partial charge in [-0.1, -0.05) is 23.4 Å². The second-order valence-corrected chi connectivity index (χ2v) is 6.21. The lowest BCUT2D eigenvalue weighted by Crippen LogP contribution is -2.48. The Morgan fingerprint density at radius 2 is 1.92 bits per heavy atom. The Labute approximate surface area is 147 Å². The number of rotatable bonds is 3. The summed E-state index contributed by atoms with van der Waals surface area (Å²) in [5, 5.41) is 4.95. The number of fused-ring (bicyclic) bond motifs is 1. The van der Waals surface area contributed by atoms with Crippen LogP contribution in [0.5, 0.6) is 0 Å². The zero-order valence-electron chi connectivity index (χ0n) is 13.7. The van der Waals surface area contributed by atoms with Gasteiger partial charge in [0.25, 0.3) is 5.91 Å². The van der Waals surface area contributed by atoms with E-state index in [2.05, 4.69) is 25.1 Å². The van der Waals surface area contributed by atoms with Gasteiger partial charge in [0.15, 0.2) is 0 Å². The number of benzene rings is 1. The lowest BCUT2D eigenvalue weighted by Gasteiger charge is -2.36. The summed E-state index contributed by atoms with van der Waals surface area (Å²) in [6, 6.07) is 11.4. The molecule has 0 radical (unpaired) electrons. The number of carbonyl (C=O) groups is 1. The molecule has 0 bridgehead atoms. The number of H-pyrrole nitrogens is 1. The van der Waals surface area contributed by atoms with Gasteiger partial charge in [-0.25, -0.2) is 9.97 Å². The van der Waals surface area contributed by atoms with Gasteiger partial charge in [0.2, 0.25) is 17.5 Å². The SMILES string of the molecule is O=C(c1cc2ccccc2[nH]1)N1CC(c2nc(-c3ncccn3)no2)C1. The maximum Gasteiger partial charge on any atom is 0.270 e. The number of amides is 1. The van der Waals surface area contributed by atoms with Crippen molar-refractivity contribution in [3.8, 4) is 11.6 Å². The van der Waals surface area contributed by atoms with Gasteiger partial charge in [-0.2, -0.15) is 4.98 Å². The lowest BCUT2D eigenvalue weighted by atomic mass is 9.99. The molecule has 1 aliphatic rings. The van der Waals surface area contributed by atoms with E-state index in [0.717, 1.165) is 10.9 Å². The quantitative estimate of drug-likeness (QED) is 0.610. The summed E-state index contributed by atoms with van der Waals surface area (Å²) in [5.74, 6) is 1.30. The Bertz CT molecular complexity index is 1050. The normalized spacial score (nSPS) is 14.5. The van der Waals surface area contributed by atoms with Gasteiger partial charge in [0, 0.05) is 36.4 Å². The van der Waals surface area contributed by atoms with E-state index < -0.39 is 0 Å². The van der Waals surface area contributed by atoms with Crippen molar-refractivity contribution in [2.24, 2.45) is 0 Å². The van der Waals surface area contributed by atoms with Crippen LogP contribution < -0.4 is 0 Å². The average Bonchev–Trinajstić information content (AvgIpc) is 3.28. The molecule has 0 aliphatic carbocycles. The molecule has 1 N–H and O–H groups in total. The molecule has 0 atom stereocenters. The van der Waals surface area contributed by atoms with E-state index in [1.54, 1.807) is 23.4 Å². The Morgan fingerprint density at radius 3 is 2.73 bits per heavy atom. The van der Waals surface area contributed by atoms with Gasteiger partial charge >= 0.3 is 0 Å². The first kappa shape index (κ1) is 14.8. The zero-order valence-corrected chi connectivity index (χ0v) is 13.7. The molecular weight excluding hydrogens is 332 g/mol. The number of aromatic amines is 1. The van der Waals surface area contributed by atoms with Gasteiger partial charge < -0.3 is 14.4 Å². The van der Waals surface area contributed by atoms with E-state index >= 15 is 0 Å². The number of para-hydroxylation sites is 1. The maximum absolute atomic E-state index is 12.6. The Morgan fingerprint density at radius 1 is 1.12 bits per heavy atom. The first-order chi connectivity index (χ1) is 12.8. The molecule has 0 spiro atoms. The first-order valence-corrected chi connectivity index (χ1v) is 8.26. The predicted molar refractivity (Wildman–Crippen MR) is 92.3 cm³/mol. The van der Waals surface area contributed by atoms with Crippen LogP contribution in [-0.4, -0.2) is 49.0 Å². The van der Waals surface area contributed by atoms with Crippen LogP contribution in [0.2, 0.25) is 0 Å². The fraction of sp³-hybridized carbons (Fsp3) is 0.167. The van der Waals surface area contributed by atoms with E-state index in [1.165, 1.54) is 0 Å². The van der Waals surface area contributed by atoms with Crippen LogP contribution in [0.3, 0.4) is 0 Å². The molecule has 0 unspecified atom stereocenters.